The van der Waals surface area contributed by atoms with Crippen molar-refractivity contribution in [1.29, 1.82) is 0 Å². The molecule has 2 aromatic heterocycles. The fraction of sp³-hybridized carbons (Fsp3) is 0.0952. The van der Waals surface area contributed by atoms with Gasteiger partial charge in [0.05, 0.1) is 20.6 Å². The minimum atomic E-state index is 0.564. The Kier molecular flexibility index (Phi) is 5.97. The van der Waals surface area contributed by atoms with Gasteiger partial charge in [0.1, 0.15) is 15.7 Å². The topological polar surface area (TPSA) is 38.7 Å². The molecule has 0 fully saturated rings. The average Bonchev–Trinajstić information content (AvgIpc) is 3.12. The molecule has 0 N–H and O–H groups in total. The van der Waals surface area contributed by atoms with E-state index in [1.807, 2.05) is 55.5 Å². The van der Waals surface area contributed by atoms with Crippen LogP contribution in [0.3, 0.4) is 0 Å². The summed E-state index contributed by atoms with van der Waals surface area (Å²) in [4.78, 5) is 5.74. The number of halogens is 2. The third-order valence-electron chi connectivity index (χ3n) is 4.06. The van der Waals surface area contributed by atoms with Crippen LogP contribution in [0, 0.1) is 6.92 Å². The largest absolute Gasteiger partial charge is 0.241 e. The average molecular weight is 444 g/mol. The van der Waals surface area contributed by atoms with E-state index in [9.17, 15) is 0 Å². The molecule has 2 heterocycles. The van der Waals surface area contributed by atoms with E-state index >= 15 is 0 Å². The predicted octanol–water partition coefficient (Wildman–Crippen LogP) is 7.17. The second-order valence-corrected chi connectivity index (χ2v) is 8.90. The Morgan fingerprint density at radius 2 is 1.75 bits per heavy atom. The SMILES string of the molecule is Cc1nc(-c2ccccc2)sc1-c1ccc(SCc2ccc(Cl)c(Cl)c2)nn1. The summed E-state index contributed by atoms with van der Waals surface area (Å²) in [6.45, 7) is 2.01. The molecule has 0 aliphatic carbocycles. The van der Waals surface area contributed by atoms with Crippen LogP contribution in [-0.4, -0.2) is 15.2 Å². The zero-order valence-electron chi connectivity index (χ0n) is 14.9. The molecule has 0 atom stereocenters. The van der Waals surface area contributed by atoms with Crippen molar-refractivity contribution in [1.82, 2.24) is 15.2 Å². The van der Waals surface area contributed by atoms with Crippen LogP contribution in [0.1, 0.15) is 11.3 Å². The third-order valence-corrected chi connectivity index (χ3v) is 7.02. The van der Waals surface area contributed by atoms with Crippen LogP contribution in [0.5, 0.6) is 0 Å². The summed E-state index contributed by atoms with van der Waals surface area (Å²) >= 11 is 15.3. The molecule has 0 spiro atoms. The first-order valence-electron chi connectivity index (χ1n) is 8.54. The Labute approximate surface area is 181 Å². The van der Waals surface area contributed by atoms with E-state index < -0.39 is 0 Å². The number of benzene rings is 2. The second kappa shape index (κ2) is 8.62. The van der Waals surface area contributed by atoms with Gasteiger partial charge in [0.2, 0.25) is 0 Å². The minimum Gasteiger partial charge on any atom is -0.241 e. The predicted molar refractivity (Wildman–Crippen MR) is 119 cm³/mol. The summed E-state index contributed by atoms with van der Waals surface area (Å²) < 4.78 is 0. The number of nitrogens with zero attached hydrogens (tertiary/aromatic N) is 3. The fourth-order valence-electron chi connectivity index (χ4n) is 2.64. The molecule has 0 amide bonds. The Morgan fingerprint density at radius 1 is 0.929 bits per heavy atom. The van der Waals surface area contributed by atoms with Gasteiger partial charge in [-0.3, -0.25) is 0 Å². The van der Waals surface area contributed by atoms with Crippen LogP contribution in [0.25, 0.3) is 21.1 Å². The van der Waals surface area contributed by atoms with Gasteiger partial charge in [-0.2, -0.15) is 0 Å². The normalized spacial score (nSPS) is 11.0. The number of hydrogen-bond donors (Lipinski definition) is 0. The number of rotatable bonds is 5. The molecule has 0 saturated heterocycles. The van der Waals surface area contributed by atoms with Crippen molar-refractivity contribution in [2.24, 2.45) is 0 Å². The van der Waals surface area contributed by atoms with E-state index in [1.54, 1.807) is 23.1 Å². The molecule has 0 bridgehead atoms. The number of hydrogen-bond acceptors (Lipinski definition) is 5. The van der Waals surface area contributed by atoms with E-state index in [2.05, 4.69) is 22.3 Å². The van der Waals surface area contributed by atoms with Gasteiger partial charge >= 0.3 is 0 Å². The smallest absolute Gasteiger partial charge is 0.124 e. The summed E-state index contributed by atoms with van der Waals surface area (Å²) in [5.41, 5.74) is 4.02. The molecule has 4 aromatic rings. The fourth-order valence-corrected chi connectivity index (χ4v) is 4.76. The molecule has 28 heavy (non-hydrogen) atoms. The molecule has 4 rings (SSSR count). The van der Waals surface area contributed by atoms with Crippen molar-refractivity contribution >= 4 is 46.3 Å². The van der Waals surface area contributed by atoms with Gasteiger partial charge < -0.3 is 0 Å². The Hall–Kier alpha value is -1.92. The van der Waals surface area contributed by atoms with E-state index in [0.717, 1.165) is 43.2 Å². The van der Waals surface area contributed by atoms with E-state index in [-0.39, 0.29) is 0 Å². The van der Waals surface area contributed by atoms with Crippen molar-refractivity contribution < 1.29 is 0 Å². The van der Waals surface area contributed by atoms with Gasteiger partial charge in [-0.05, 0) is 36.8 Å². The molecule has 0 aliphatic heterocycles. The molecule has 2 aromatic carbocycles. The minimum absolute atomic E-state index is 0.564. The maximum Gasteiger partial charge on any atom is 0.124 e. The van der Waals surface area contributed by atoms with Gasteiger partial charge in [0.15, 0.2) is 0 Å². The number of thiazole rings is 1. The summed E-state index contributed by atoms with van der Waals surface area (Å²) in [5.74, 6) is 0.753. The highest BCUT2D eigenvalue weighted by molar-refractivity contribution is 7.98. The summed E-state index contributed by atoms with van der Waals surface area (Å²) in [7, 11) is 0. The third kappa shape index (κ3) is 4.39. The van der Waals surface area contributed by atoms with Crippen molar-refractivity contribution in [3.63, 3.8) is 0 Å². The second-order valence-electron chi connectivity index (χ2n) is 6.09. The molecule has 0 unspecified atom stereocenters. The highest BCUT2D eigenvalue weighted by Gasteiger charge is 2.13. The van der Waals surface area contributed by atoms with Crippen LogP contribution in [0.15, 0.2) is 65.7 Å². The van der Waals surface area contributed by atoms with Gasteiger partial charge in [0, 0.05) is 11.3 Å². The zero-order valence-corrected chi connectivity index (χ0v) is 18.0. The first kappa shape index (κ1) is 19.4. The monoisotopic (exact) mass is 443 g/mol. The van der Waals surface area contributed by atoms with Crippen LogP contribution in [0.4, 0.5) is 0 Å². The molecule has 0 radical (unpaired) electrons. The van der Waals surface area contributed by atoms with Crippen molar-refractivity contribution in [2.75, 3.05) is 0 Å². The Morgan fingerprint density at radius 3 is 2.46 bits per heavy atom. The van der Waals surface area contributed by atoms with E-state index in [4.69, 9.17) is 28.2 Å². The lowest BCUT2D eigenvalue weighted by molar-refractivity contribution is 0.936. The molecular weight excluding hydrogens is 429 g/mol. The van der Waals surface area contributed by atoms with E-state index in [1.165, 1.54) is 0 Å². The first-order chi connectivity index (χ1) is 13.6. The van der Waals surface area contributed by atoms with Gasteiger partial charge in [0.25, 0.3) is 0 Å². The highest BCUT2D eigenvalue weighted by atomic mass is 35.5. The molecule has 140 valence electrons. The maximum absolute atomic E-state index is 6.07. The maximum atomic E-state index is 6.07. The highest BCUT2D eigenvalue weighted by Crippen LogP contribution is 2.34. The first-order valence-corrected chi connectivity index (χ1v) is 11.1. The number of aromatic nitrogens is 3. The Balaban J connectivity index is 1.49. The Bertz CT molecular complexity index is 1100. The van der Waals surface area contributed by atoms with Crippen LogP contribution < -0.4 is 0 Å². The van der Waals surface area contributed by atoms with Gasteiger partial charge in [-0.1, -0.05) is 71.4 Å². The lowest BCUT2D eigenvalue weighted by atomic mass is 10.2. The quantitative estimate of drug-likeness (QED) is 0.306. The molecule has 7 heteroatoms. The van der Waals surface area contributed by atoms with Crippen molar-refractivity contribution in [3.8, 4) is 21.1 Å². The molecule has 0 saturated carbocycles. The number of aryl methyl sites for hydroxylation is 1. The van der Waals surface area contributed by atoms with Crippen LogP contribution in [-0.2, 0) is 5.75 Å². The molecule has 0 aliphatic rings. The van der Waals surface area contributed by atoms with Crippen molar-refractivity contribution in [2.45, 2.75) is 17.7 Å². The van der Waals surface area contributed by atoms with Crippen LogP contribution in [0.2, 0.25) is 10.0 Å². The molecular formula is C21H15Cl2N3S2. The number of thioether (sulfide) groups is 1. The van der Waals surface area contributed by atoms with Gasteiger partial charge in [-0.15, -0.1) is 21.5 Å². The van der Waals surface area contributed by atoms with Gasteiger partial charge in [-0.25, -0.2) is 4.98 Å². The van der Waals surface area contributed by atoms with Crippen molar-refractivity contribution in [3.05, 3.63) is 82.0 Å². The summed E-state index contributed by atoms with van der Waals surface area (Å²) in [5, 5.41) is 11.8. The summed E-state index contributed by atoms with van der Waals surface area (Å²) in [6, 6.07) is 19.8. The summed E-state index contributed by atoms with van der Waals surface area (Å²) in [6.07, 6.45) is 0. The lowest BCUT2D eigenvalue weighted by Gasteiger charge is -2.03. The molecule has 3 nitrogen and oxygen atoms in total. The zero-order chi connectivity index (χ0) is 19.5. The lowest BCUT2D eigenvalue weighted by Crippen LogP contribution is -1.90. The van der Waals surface area contributed by atoms with E-state index in [0.29, 0.717) is 10.0 Å². The van der Waals surface area contributed by atoms with Crippen LogP contribution >= 0.6 is 46.3 Å². The standard InChI is InChI=1S/C21H15Cl2N3S2/c1-13-20(28-21(24-13)15-5-3-2-4-6-15)18-9-10-19(26-25-18)27-12-14-7-8-16(22)17(23)11-14/h2-11H,12H2,1H3.